The Kier molecular flexibility index (Phi) is 5.09. The number of nitrogens with zero attached hydrogens (tertiary/aromatic N) is 1. The highest BCUT2D eigenvalue weighted by molar-refractivity contribution is 7.89. The molecule has 0 unspecified atom stereocenters. The Morgan fingerprint density at radius 3 is 2.90 bits per heavy atom. The number of rotatable bonds is 4. The van der Waals surface area contributed by atoms with Gasteiger partial charge in [0.05, 0.1) is 0 Å². The van der Waals surface area contributed by atoms with Crippen LogP contribution in [0.4, 0.5) is 0 Å². The van der Waals surface area contributed by atoms with Crippen molar-refractivity contribution >= 4 is 21.4 Å². The number of aromatic nitrogens is 1. The quantitative estimate of drug-likeness (QED) is 0.831. The summed E-state index contributed by atoms with van der Waals surface area (Å²) in [5.74, 6) is 5.09. The molecule has 0 aliphatic heterocycles. The van der Waals surface area contributed by atoms with Crippen molar-refractivity contribution in [2.45, 2.75) is 18.4 Å². The molecule has 5 nitrogen and oxygen atoms in total. The van der Waals surface area contributed by atoms with Crippen LogP contribution in [0.2, 0.25) is 0 Å². The normalized spacial score (nSPS) is 11.0. The predicted octanol–water partition coefficient (Wildman–Crippen LogP) is 1.27. The number of hydrogen-bond acceptors (Lipinski definition) is 5. The molecule has 0 aliphatic carbocycles. The van der Waals surface area contributed by atoms with Crippen LogP contribution in [0.3, 0.4) is 0 Å². The molecule has 2 N–H and O–H groups in total. The maximum absolute atomic E-state index is 12.2. The monoisotopic (exact) mass is 322 g/mol. The lowest BCUT2D eigenvalue weighted by Gasteiger charge is -2.06. The minimum absolute atomic E-state index is 0.0569. The lowest BCUT2D eigenvalue weighted by atomic mass is 10.3. The van der Waals surface area contributed by atoms with Crippen molar-refractivity contribution < 1.29 is 13.5 Å². The van der Waals surface area contributed by atoms with E-state index in [2.05, 4.69) is 21.5 Å². The van der Waals surface area contributed by atoms with E-state index < -0.39 is 10.0 Å². The van der Waals surface area contributed by atoms with Crippen molar-refractivity contribution in [3.63, 3.8) is 0 Å². The third kappa shape index (κ3) is 4.12. The van der Waals surface area contributed by atoms with Gasteiger partial charge < -0.3 is 5.11 Å². The van der Waals surface area contributed by atoms with E-state index in [1.165, 1.54) is 29.8 Å². The SMILES string of the molecule is Cc1ccsc1CNS(=O)(=O)c1cncc(C#CCO)c1. The first-order valence-corrected chi connectivity index (χ1v) is 8.46. The largest absolute Gasteiger partial charge is 0.384 e. The number of pyridine rings is 1. The second kappa shape index (κ2) is 6.83. The maximum Gasteiger partial charge on any atom is 0.242 e. The zero-order valence-corrected chi connectivity index (χ0v) is 13.0. The first kappa shape index (κ1) is 15.7. The second-order valence-electron chi connectivity index (χ2n) is 4.22. The molecule has 0 radical (unpaired) electrons. The summed E-state index contributed by atoms with van der Waals surface area (Å²) < 4.78 is 27.0. The number of aliphatic hydroxyl groups excluding tert-OH is 1. The molecule has 2 aromatic heterocycles. The zero-order valence-electron chi connectivity index (χ0n) is 11.3. The summed E-state index contributed by atoms with van der Waals surface area (Å²) in [6, 6.07) is 3.38. The zero-order chi connectivity index (χ0) is 15.3. The summed E-state index contributed by atoms with van der Waals surface area (Å²) in [6.45, 7) is 1.90. The summed E-state index contributed by atoms with van der Waals surface area (Å²) in [4.78, 5) is 4.90. The molecule has 7 heteroatoms. The maximum atomic E-state index is 12.2. The molecule has 0 amide bonds. The van der Waals surface area contributed by atoms with Crippen LogP contribution in [0.15, 0.2) is 34.8 Å². The molecule has 0 fully saturated rings. The van der Waals surface area contributed by atoms with E-state index >= 15 is 0 Å². The Morgan fingerprint density at radius 1 is 1.43 bits per heavy atom. The van der Waals surface area contributed by atoms with Gasteiger partial charge >= 0.3 is 0 Å². The lowest BCUT2D eigenvalue weighted by Crippen LogP contribution is -2.23. The van der Waals surface area contributed by atoms with Gasteiger partial charge in [-0.15, -0.1) is 11.3 Å². The molecular weight excluding hydrogens is 308 g/mol. The Hall–Kier alpha value is -1.72. The summed E-state index contributed by atoms with van der Waals surface area (Å²) in [5, 5.41) is 10.6. The van der Waals surface area contributed by atoms with Crippen LogP contribution in [-0.2, 0) is 16.6 Å². The van der Waals surface area contributed by atoms with Gasteiger partial charge in [-0.3, -0.25) is 4.98 Å². The molecule has 2 heterocycles. The summed E-state index contributed by atoms with van der Waals surface area (Å²) in [5.41, 5.74) is 1.50. The predicted molar refractivity (Wildman–Crippen MR) is 81.3 cm³/mol. The average Bonchev–Trinajstić information content (AvgIpc) is 2.89. The van der Waals surface area contributed by atoms with Crippen molar-refractivity contribution in [1.82, 2.24) is 9.71 Å². The number of thiophene rings is 1. The van der Waals surface area contributed by atoms with E-state index in [-0.39, 0.29) is 18.0 Å². The number of aliphatic hydroxyl groups is 1. The fourth-order valence-corrected chi connectivity index (χ4v) is 3.52. The second-order valence-corrected chi connectivity index (χ2v) is 6.99. The highest BCUT2D eigenvalue weighted by Crippen LogP contribution is 2.16. The standard InChI is InChI=1S/C14H14N2O3S2/c1-11-4-6-20-14(11)10-16-21(18,19)13-7-12(3-2-5-17)8-15-9-13/h4,6-9,16-17H,5,10H2,1H3. The third-order valence-corrected chi connectivity index (χ3v) is 5.12. The Morgan fingerprint density at radius 2 is 2.24 bits per heavy atom. The van der Waals surface area contributed by atoms with E-state index in [1.54, 1.807) is 0 Å². The molecule has 0 atom stereocenters. The van der Waals surface area contributed by atoms with Crippen LogP contribution in [0.1, 0.15) is 16.0 Å². The van der Waals surface area contributed by atoms with E-state index in [1.807, 2.05) is 18.4 Å². The molecule has 0 aliphatic rings. The number of hydrogen-bond donors (Lipinski definition) is 2. The van der Waals surface area contributed by atoms with Gasteiger partial charge in [0, 0.05) is 29.4 Å². The first-order chi connectivity index (χ1) is 10.0. The number of aryl methyl sites for hydroxylation is 1. The van der Waals surface area contributed by atoms with Crippen LogP contribution in [0.5, 0.6) is 0 Å². The minimum atomic E-state index is -3.64. The first-order valence-electron chi connectivity index (χ1n) is 6.10. The Labute approximate surface area is 127 Å². The van der Waals surface area contributed by atoms with Crippen LogP contribution in [0, 0.1) is 18.8 Å². The van der Waals surface area contributed by atoms with Crippen LogP contribution in [-0.4, -0.2) is 25.1 Å². The van der Waals surface area contributed by atoms with Crippen molar-refractivity contribution in [2.75, 3.05) is 6.61 Å². The van der Waals surface area contributed by atoms with E-state index in [0.29, 0.717) is 5.56 Å². The highest BCUT2D eigenvalue weighted by atomic mass is 32.2. The van der Waals surface area contributed by atoms with Gasteiger partial charge in [0.15, 0.2) is 0 Å². The van der Waals surface area contributed by atoms with E-state index in [9.17, 15) is 8.42 Å². The van der Waals surface area contributed by atoms with Crippen molar-refractivity contribution in [2.24, 2.45) is 0 Å². The molecule has 0 saturated heterocycles. The number of sulfonamides is 1. The summed E-state index contributed by atoms with van der Waals surface area (Å²) in [6.07, 6.45) is 2.72. The van der Waals surface area contributed by atoms with E-state index in [0.717, 1.165) is 10.4 Å². The molecule has 110 valence electrons. The van der Waals surface area contributed by atoms with Crippen molar-refractivity contribution in [1.29, 1.82) is 0 Å². The third-order valence-electron chi connectivity index (χ3n) is 2.73. The molecule has 0 saturated carbocycles. The van der Waals surface area contributed by atoms with Gasteiger partial charge in [-0.05, 0) is 30.0 Å². The van der Waals surface area contributed by atoms with Crippen molar-refractivity contribution in [3.05, 3.63) is 45.9 Å². The fourth-order valence-electron chi connectivity index (χ4n) is 1.60. The highest BCUT2D eigenvalue weighted by Gasteiger charge is 2.15. The molecule has 21 heavy (non-hydrogen) atoms. The molecule has 0 aromatic carbocycles. The molecule has 2 rings (SSSR count). The molecule has 0 spiro atoms. The Balaban J connectivity index is 2.17. The smallest absolute Gasteiger partial charge is 0.242 e. The minimum Gasteiger partial charge on any atom is -0.384 e. The number of nitrogens with one attached hydrogen (secondary N) is 1. The van der Waals surface area contributed by atoms with Crippen LogP contribution >= 0.6 is 11.3 Å². The Bertz CT molecular complexity index is 786. The average molecular weight is 322 g/mol. The van der Waals surface area contributed by atoms with Gasteiger partial charge in [-0.25, -0.2) is 13.1 Å². The van der Waals surface area contributed by atoms with Crippen LogP contribution in [0.25, 0.3) is 0 Å². The summed E-state index contributed by atoms with van der Waals surface area (Å²) in [7, 11) is -3.64. The van der Waals surface area contributed by atoms with Crippen LogP contribution < -0.4 is 4.72 Å². The molecule has 2 aromatic rings. The van der Waals surface area contributed by atoms with E-state index in [4.69, 9.17) is 5.11 Å². The van der Waals surface area contributed by atoms with Crippen molar-refractivity contribution in [3.8, 4) is 11.8 Å². The van der Waals surface area contributed by atoms with Gasteiger partial charge in [0.1, 0.15) is 11.5 Å². The van der Waals surface area contributed by atoms with Gasteiger partial charge in [0.25, 0.3) is 0 Å². The molecule has 0 bridgehead atoms. The van der Waals surface area contributed by atoms with Gasteiger partial charge in [-0.2, -0.15) is 0 Å². The molecular formula is C14H14N2O3S2. The summed E-state index contributed by atoms with van der Waals surface area (Å²) >= 11 is 1.51. The fraction of sp³-hybridized carbons (Fsp3) is 0.214. The lowest BCUT2D eigenvalue weighted by molar-refractivity contribution is 0.350. The topological polar surface area (TPSA) is 79.3 Å². The van der Waals surface area contributed by atoms with Gasteiger partial charge in [0.2, 0.25) is 10.0 Å². The van der Waals surface area contributed by atoms with Gasteiger partial charge in [-0.1, -0.05) is 11.8 Å².